The van der Waals surface area contributed by atoms with E-state index in [4.69, 9.17) is 15.2 Å². The standard InChI is InChI=1S/C17H24FNO2/c18-15-4-2-1-3-13(15)11-16(19)14-5-8-21-17(12-14)6-9-20-10-7-17/h1-4,14,16H,5-12,19H2. The predicted octanol–water partition coefficient (Wildman–Crippen LogP) is 2.67. The van der Waals surface area contributed by atoms with E-state index >= 15 is 0 Å². The second-order valence-corrected chi connectivity index (χ2v) is 6.36. The number of rotatable bonds is 3. The summed E-state index contributed by atoms with van der Waals surface area (Å²) >= 11 is 0. The number of halogens is 1. The van der Waals surface area contributed by atoms with Crippen molar-refractivity contribution in [2.75, 3.05) is 19.8 Å². The average Bonchev–Trinajstić information content (AvgIpc) is 2.50. The van der Waals surface area contributed by atoms with Gasteiger partial charge in [0.25, 0.3) is 0 Å². The van der Waals surface area contributed by atoms with Gasteiger partial charge in [-0.3, -0.25) is 0 Å². The minimum absolute atomic E-state index is 0.00878. The zero-order chi connectivity index (χ0) is 14.7. The van der Waals surface area contributed by atoms with Crippen LogP contribution in [0.3, 0.4) is 0 Å². The Morgan fingerprint density at radius 2 is 2.00 bits per heavy atom. The van der Waals surface area contributed by atoms with Crippen LogP contribution >= 0.6 is 0 Å². The average molecular weight is 293 g/mol. The van der Waals surface area contributed by atoms with Crippen molar-refractivity contribution in [2.45, 2.75) is 43.7 Å². The fourth-order valence-electron chi connectivity index (χ4n) is 3.61. The Kier molecular flexibility index (Phi) is 4.57. The van der Waals surface area contributed by atoms with Gasteiger partial charge in [0.05, 0.1) is 5.60 Å². The Morgan fingerprint density at radius 3 is 2.76 bits per heavy atom. The number of hydrogen-bond donors (Lipinski definition) is 1. The minimum atomic E-state index is -0.152. The van der Waals surface area contributed by atoms with E-state index in [0.29, 0.717) is 12.3 Å². The molecule has 2 atom stereocenters. The van der Waals surface area contributed by atoms with Crippen molar-refractivity contribution in [3.63, 3.8) is 0 Å². The highest BCUT2D eigenvalue weighted by Gasteiger charge is 2.40. The lowest BCUT2D eigenvalue weighted by molar-refractivity contribution is -0.149. The molecule has 0 amide bonds. The van der Waals surface area contributed by atoms with Crippen LogP contribution in [0.25, 0.3) is 0 Å². The zero-order valence-corrected chi connectivity index (χ0v) is 12.4. The quantitative estimate of drug-likeness (QED) is 0.932. The molecular formula is C17H24FNO2. The molecule has 0 bridgehead atoms. The maximum Gasteiger partial charge on any atom is 0.126 e. The van der Waals surface area contributed by atoms with E-state index in [-0.39, 0.29) is 17.5 Å². The van der Waals surface area contributed by atoms with Gasteiger partial charge in [0.15, 0.2) is 0 Å². The van der Waals surface area contributed by atoms with Gasteiger partial charge in [-0.05, 0) is 49.7 Å². The SMILES string of the molecule is NC(Cc1ccccc1F)C1CCOC2(CCOCC2)C1. The van der Waals surface area contributed by atoms with Gasteiger partial charge >= 0.3 is 0 Å². The summed E-state index contributed by atoms with van der Waals surface area (Å²) in [6.45, 7) is 2.31. The molecule has 116 valence electrons. The molecule has 1 aromatic carbocycles. The smallest absolute Gasteiger partial charge is 0.126 e. The summed E-state index contributed by atoms with van der Waals surface area (Å²) in [5, 5.41) is 0. The first-order valence-electron chi connectivity index (χ1n) is 7.89. The van der Waals surface area contributed by atoms with E-state index in [1.807, 2.05) is 12.1 Å². The Labute approximate surface area is 125 Å². The van der Waals surface area contributed by atoms with Gasteiger partial charge < -0.3 is 15.2 Å². The number of nitrogens with two attached hydrogens (primary N) is 1. The Bertz CT molecular complexity index is 468. The fourth-order valence-corrected chi connectivity index (χ4v) is 3.61. The lowest BCUT2D eigenvalue weighted by Crippen LogP contribution is -2.48. The van der Waals surface area contributed by atoms with Crippen molar-refractivity contribution in [3.8, 4) is 0 Å². The van der Waals surface area contributed by atoms with Crippen molar-refractivity contribution >= 4 is 0 Å². The molecule has 0 saturated carbocycles. The summed E-state index contributed by atoms with van der Waals surface area (Å²) in [7, 11) is 0. The van der Waals surface area contributed by atoms with Gasteiger partial charge in [-0.1, -0.05) is 18.2 Å². The molecule has 2 aliphatic heterocycles. The Balaban J connectivity index is 1.64. The molecule has 2 aliphatic rings. The molecule has 0 radical (unpaired) electrons. The highest BCUT2D eigenvalue weighted by atomic mass is 19.1. The van der Waals surface area contributed by atoms with Crippen LogP contribution in [0, 0.1) is 11.7 Å². The molecule has 4 heteroatoms. The molecule has 3 rings (SSSR count). The lowest BCUT2D eigenvalue weighted by atomic mass is 9.77. The zero-order valence-electron chi connectivity index (χ0n) is 12.4. The number of hydrogen-bond acceptors (Lipinski definition) is 3. The summed E-state index contributed by atoms with van der Waals surface area (Å²) in [5.74, 6) is 0.247. The minimum Gasteiger partial charge on any atom is -0.381 e. The third-order valence-corrected chi connectivity index (χ3v) is 4.95. The van der Waals surface area contributed by atoms with Gasteiger partial charge in [-0.2, -0.15) is 0 Å². The van der Waals surface area contributed by atoms with Crippen LogP contribution < -0.4 is 5.73 Å². The van der Waals surface area contributed by atoms with Gasteiger partial charge in [0, 0.05) is 25.9 Å². The molecule has 2 fully saturated rings. The Morgan fingerprint density at radius 1 is 1.24 bits per heavy atom. The first-order chi connectivity index (χ1) is 10.2. The van der Waals surface area contributed by atoms with Crippen LogP contribution in [0.15, 0.2) is 24.3 Å². The molecule has 0 aliphatic carbocycles. The van der Waals surface area contributed by atoms with Crippen molar-refractivity contribution < 1.29 is 13.9 Å². The molecule has 2 saturated heterocycles. The van der Waals surface area contributed by atoms with E-state index in [0.717, 1.165) is 51.1 Å². The van der Waals surface area contributed by atoms with E-state index < -0.39 is 0 Å². The fraction of sp³-hybridized carbons (Fsp3) is 0.647. The summed E-state index contributed by atoms with van der Waals surface area (Å²) in [6.07, 6.45) is 4.46. The van der Waals surface area contributed by atoms with Crippen LogP contribution in [0.2, 0.25) is 0 Å². The maximum atomic E-state index is 13.8. The van der Waals surface area contributed by atoms with Crippen molar-refractivity contribution in [3.05, 3.63) is 35.6 Å². The molecule has 1 spiro atoms. The largest absolute Gasteiger partial charge is 0.381 e. The third-order valence-electron chi connectivity index (χ3n) is 4.95. The summed E-state index contributed by atoms with van der Waals surface area (Å²) in [6, 6.07) is 6.92. The lowest BCUT2D eigenvalue weighted by Gasteiger charge is -2.44. The predicted molar refractivity (Wildman–Crippen MR) is 79.5 cm³/mol. The second kappa shape index (κ2) is 6.42. The topological polar surface area (TPSA) is 44.5 Å². The highest BCUT2D eigenvalue weighted by molar-refractivity contribution is 5.18. The van der Waals surface area contributed by atoms with Crippen LogP contribution in [-0.2, 0) is 15.9 Å². The summed E-state index contributed by atoms with van der Waals surface area (Å²) < 4.78 is 25.3. The third kappa shape index (κ3) is 3.44. The second-order valence-electron chi connectivity index (χ2n) is 6.36. The molecule has 21 heavy (non-hydrogen) atoms. The first kappa shape index (κ1) is 14.9. The normalized spacial score (nSPS) is 26.7. The van der Waals surface area contributed by atoms with Crippen LogP contribution in [0.5, 0.6) is 0 Å². The number of benzene rings is 1. The summed E-state index contributed by atoms with van der Waals surface area (Å²) in [4.78, 5) is 0. The van der Waals surface area contributed by atoms with Crippen molar-refractivity contribution in [1.29, 1.82) is 0 Å². The van der Waals surface area contributed by atoms with Gasteiger partial charge in [0.1, 0.15) is 5.82 Å². The molecule has 2 heterocycles. The van der Waals surface area contributed by atoms with E-state index in [1.54, 1.807) is 6.07 Å². The molecule has 2 unspecified atom stereocenters. The van der Waals surface area contributed by atoms with Gasteiger partial charge in [-0.25, -0.2) is 4.39 Å². The summed E-state index contributed by atoms with van der Waals surface area (Å²) in [5.41, 5.74) is 7.06. The van der Waals surface area contributed by atoms with Gasteiger partial charge in [0.2, 0.25) is 0 Å². The Hall–Kier alpha value is -0.970. The maximum absolute atomic E-state index is 13.8. The molecular weight excluding hydrogens is 269 g/mol. The molecule has 3 nitrogen and oxygen atoms in total. The van der Waals surface area contributed by atoms with Gasteiger partial charge in [-0.15, -0.1) is 0 Å². The van der Waals surface area contributed by atoms with E-state index in [9.17, 15) is 4.39 Å². The number of ether oxygens (including phenoxy) is 2. The van der Waals surface area contributed by atoms with E-state index in [2.05, 4.69) is 0 Å². The van der Waals surface area contributed by atoms with Crippen LogP contribution in [0.1, 0.15) is 31.2 Å². The van der Waals surface area contributed by atoms with Crippen LogP contribution in [0.4, 0.5) is 4.39 Å². The van der Waals surface area contributed by atoms with Crippen molar-refractivity contribution in [1.82, 2.24) is 0 Å². The monoisotopic (exact) mass is 293 g/mol. The molecule has 2 N–H and O–H groups in total. The molecule has 0 aromatic heterocycles. The van der Waals surface area contributed by atoms with Crippen molar-refractivity contribution in [2.24, 2.45) is 11.7 Å². The molecule has 1 aromatic rings. The first-order valence-corrected chi connectivity index (χ1v) is 7.89. The van der Waals surface area contributed by atoms with E-state index in [1.165, 1.54) is 6.07 Å². The highest BCUT2D eigenvalue weighted by Crippen LogP contribution is 2.38. The van der Waals surface area contributed by atoms with Crippen LogP contribution in [-0.4, -0.2) is 31.5 Å².